The van der Waals surface area contributed by atoms with Gasteiger partial charge in [-0.3, -0.25) is 4.79 Å². The molecule has 0 aliphatic carbocycles. The minimum atomic E-state index is -0.925. The molecule has 2 heterocycles. The molecule has 1 aromatic heterocycles. The van der Waals surface area contributed by atoms with Crippen molar-refractivity contribution in [1.29, 1.82) is 5.26 Å². The van der Waals surface area contributed by atoms with Crippen molar-refractivity contribution in [3.8, 4) is 6.07 Å². The molecule has 0 saturated carbocycles. The highest BCUT2D eigenvalue weighted by molar-refractivity contribution is 5.90. The summed E-state index contributed by atoms with van der Waals surface area (Å²) in [6.45, 7) is 1.14. The number of hydrogen-bond acceptors (Lipinski definition) is 5. The van der Waals surface area contributed by atoms with Crippen molar-refractivity contribution in [2.75, 3.05) is 13.2 Å². The Hall–Kier alpha value is -2.19. The number of Topliss-reactive ketones (excluding diaryl/α,β-unsaturated/α-hetero) is 1. The van der Waals surface area contributed by atoms with Crippen LogP contribution in [-0.2, 0) is 9.53 Å². The fraction of sp³-hybridized carbons (Fsp3) is 0.400. The van der Waals surface area contributed by atoms with Crippen LogP contribution in [-0.4, -0.2) is 24.0 Å². The molecule has 0 radical (unpaired) electrons. The maximum atomic E-state index is 12.4. The van der Waals surface area contributed by atoms with Gasteiger partial charge in [0.25, 0.3) is 0 Å². The Labute approximate surface area is 116 Å². The largest absolute Gasteiger partial charge is 0.439 e. The van der Waals surface area contributed by atoms with Gasteiger partial charge in [0.2, 0.25) is 5.89 Å². The standard InChI is InChI=1S/C15H14N2O3/c16-9-11(14(18)10-5-7-19-8-6-10)15-17-12-3-1-2-4-13(12)20-15/h1-4,10-11H,5-8H2/t11-/m0/s1. The summed E-state index contributed by atoms with van der Waals surface area (Å²) in [7, 11) is 0. The van der Waals surface area contributed by atoms with Crippen molar-refractivity contribution in [1.82, 2.24) is 4.98 Å². The fourth-order valence-electron chi connectivity index (χ4n) is 2.47. The lowest BCUT2D eigenvalue weighted by Gasteiger charge is -2.21. The zero-order valence-electron chi connectivity index (χ0n) is 10.9. The molecular formula is C15H14N2O3. The van der Waals surface area contributed by atoms with Crippen molar-refractivity contribution in [2.24, 2.45) is 5.92 Å². The Balaban J connectivity index is 1.89. The number of carbonyl (C=O) groups excluding carboxylic acids is 1. The second kappa shape index (κ2) is 5.43. The summed E-state index contributed by atoms with van der Waals surface area (Å²) in [4.78, 5) is 16.7. The minimum Gasteiger partial charge on any atom is -0.439 e. The number of hydrogen-bond donors (Lipinski definition) is 0. The Morgan fingerprint density at radius 1 is 1.35 bits per heavy atom. The van der Waals surface area contributed by atoms with Gasteiger partial charge in [0, 0.05) is 19.1 Å². The highest BCUT2D eigenvalue weighted by atomic mass is 16.5. The number of nitrogens with zero attached hydrogens (tertiary/aromatic N) is 2. The molecule has 5 heteroatoms. The molecule has 1 aromatic carbocycles. The lowest BCUT2D eigenvalue weighted by atomic mass is 9.88. The quantitative estimate of drug-likeness (QED) is 0.856. The summed E-state index contributed by atoms with van der Waals surface area (Å²) in [5.74, 6) is -0.971. The first kappa shape index (κ1) is 12.8. The van der Waals surface area contributed by atoms with E-state index in [1.807, 2.05) is 18.2 Å². The molecule has 0 N–H and O–H groups in total. The van der Waals surface area contributed by atoms with Gasteiger partial charge in [0.1, 0.15) is 5.52 Å². The van der Waals surface area contributed by atoms with Gasteiger partial charge in [-0.1, -0.05) is 12.1 Å². The lowest BCUT2D eigenvalue weighted by molar-refractivity contribution is -0.126. The van der Waals surface area contributed by atoms with Gasteiger partial charge in [0.15, 0.2) is 17.3 Å². The van der Waals surface area contributed by atoms with E-state index in [1.165, 1.54) is 0 Å². The summed E-state index contributed by atoms with van der Waals surface area (Å²) < 4.78 is 10.8. The number of carbonyl (C=O) groups is 1. The number of nitriles is 1. The van der Waals surface area contributed by atoms with E-state index in [9.17, 15) is 10.1 Å². The molecule has 102 valence electrons. The molecule has 0 bridgehead atoms. The van der Waals surface area contributed by atoms with Crippen molar-refractivity contribution in [3.63, 3.8) is 0 Å². The monoisotopic (exact) mass is 270 g/mol. The first-order chi connectivity index (χ1) is 9.79. The van der Waals surface area contributed by atoms with Crippen LogP contribution in [0.3, 0.4) is 0 Å². The van der Waals surface area contributed by atoms with Crippen LogP contribution in [0.2, 0.25) is 0 Å². The molecule has 1 aliphatic heterocycles. The van der Waals surface area contributed by atoms with Crippen LogP contribution in [0.4, 0.5) is 0 Å². The van der Waals surface area contributed by atoms with Crippen molar-refractivity contribution in [2.45, 2.75) is 18.8 Å². The van der Waals surface area contributed by atoms with Crippen molar-refractivity contribution in [3.05, 3.63) is 30.2 Å². The number of benzene rings is 1. The van der Waals surface area contributed by atoms with E-state index in [4.69, 9.17) is 9.15 Å². The number of para-hydroxylation sites is 2. The van der Waals surface area contributed by atoms with Gasteiger partial charge < -0.3 is 9.15 Å². The van der Waals surface area contributed by atoms with Gasteiger partial charge in [-0.2, -0.15) is 5.26 Å². The summed E-state index contributed by atoms with van der Waals surface area (Å²) in [6.07, 6.45) is 1.33. The third-order valence-electron chi connectivity index (χ3n) is 3.59. The molecule has 3 rings (SSSR count). The fourth-order valence-corrected chi connectivity index (χ4v) is 2.47. The molecule has 2 aromatic rings. The first-order valence-electron chi connectivity index (χ1n) is 6.66. The van der Waals surface area contributed by atoms with E-state index in [-0.39, 0.29) is 17.6 Å². The number of ether oxygens (including phenoxy) is 1. The maximum Gasteiger partial charge on any atom is 0.220 e. The predicted molar refractivity (Wildman–Crippen MR) is 70.9 cm³/mol. The van der Waals surface area contributed by atoms with E-state index < -0.39 is 5.92 Å². The maximum absolute atomic E-state index is 12.4. The minimum absolute atomic E-state index is 0.109. The van der Waals surface area contributed by atoms with E-state index in [2.05, 4.69) is 4.98 Å². The second-order valence-electron chi connectivity index (χ2n) is 4.87. The Morgan fingerprint density at radius 2 is 2.10 bits per heavy atom. The molecule has 0 unspecified atom stereocenters. The van der Waals surface area contributed by atoms with E-state index in [1.54, 1.807) is 12.1 Å². The van der Waals surface area contributed by atoms with Gasteiger partial charge in [0.05, 0.1) is 6.07 Å². The SMILES string of the molecule is N#C[C@@H](C(=O)C1CCOCC1)c1nc2ccccc2o1. The Kier molecular flexibility index (Phi) is 3.48. The summed E-state index contributed by atoms with van der Waals surface area (Å²) in [5, 5.41) is 9.30. The van der Waals surface area contributed by atoms with Crippen LogP contribution < -0.4 is 0 Å². The van der Waals surface area contributed by atoms with E-state index in [0.717, 1.165) is 0 Å². The van der Waals surface area contributed by atoms with Gasteiger partial charge >= 0.3 is 0 Å². The highest BCUT2D eigenvalue weighted by Gasteiger charge is 2.32. The summed E-state index contributed by atoms with van der Waals surface area (Å²) in [6, 6.07) is 9.28. The molecular weight excluding hydrogens is 256 g/mol. The first-order valence-corrected chi connectivity index (χ1v) is 6.66. The predicted octanol–water partition coefficient (Wildman–Crippen LogP) is 2.43. The normalized spacial score (nSPS) is 17.8. The van der Waals surface area contributed by atoms with Gasteiger partial charge in [-0.25, -0.2) is 4.98 Å². The number of aromatic nitrogens is 1. The average molecular weight is 270 g/mol. The van der Waals surface area contributed by atoms with Crippen molar-refractivity contribution >= 4 is 16.9 Å². The van der Waals surface area contributed by atoms with E-state index in [0.29, 0.717) is 37.2 Å². The van der Waals surface area contributed by atoms with Gasteiger partial charge in [-0.05, 0) is 25.0 Å². The van der Waals surface area contributed by atoms with E-state index >= 15 is 0 Å². The number of fused-ring (bicyclic) bond motifs is 1. The van der Waals surface area contributed by atoms with Crippen LogP contribution in [0.5, 0.6) is 0 Å². The van der Waals surface area contributed by atoms with Crippen LogP contribution in [0, 0.1) is 17.2 Å². The zero-order chi connectivity index (χ0) is 13.9. The molecule has 0 amide bonds. The smallest absolute Gasteiger partial charge is 0.220 e. The molecule has 5 nitrogen and oxygen atoms in total. The Morgan fingerprint density at radius 3 is 2.80 bits per heavy atom. The van der Waals surface area contributed by atoms with Crippen LogP contribution in [0.1, 0.15) is 24.7 Å². The van der Waals surface area contributed by atoms with Crippen LogP contribution in [0.25, 0.3) is 11.1 Å². The third kappa shape index (κ3) is 2.30. The van der Waals surface area contributed by atoms with Crippen LogP contribution in [0.15, 0.2) is 28.7 Å². The lowest BCUT2D eigenvalue weighted by Crippen LogP contribution is -2.27. The molecule has 1 atom stereocenters. The average Bonchev–Trinajstić information content (AvgIpc) is 2.92. The zero-order valence-corrected chi connectivity index (χ0v) is 10.9. The molecule has 20 heavy (non-hydrogen) atoms. The summed E-state index contributed by atoms with van der Waals surface area (Å²) in [5.41, 5.74) is 1.27. The highest BCUT2D eigenvalue weighted by Crippen LogP contribution is 2.27. The Bertz CT molecular complexity index is 632. The number of oxazole rings is 1. The molecule has 0 spiro atoms. The second-order valence-corrected chi connectivity index (χ2v) is 4.87. The third-order valence-corrected chi connectivity index (χ3v) is 3.59. The summed E-state index contributed by atoms with van der Waals surface area (Å²) >= 11 is 0. The number of ketones is 1. The molecule has 1 saturated heterocycles. The topological polar surface area (TPSA) is 76.1 Å². The number of rotatable bonds is 3. The molecule has 1 aliphatic rings. The molecule has 1 fully saturated rings. The van der Waals surface area contributed by atoms with Crippen molar-refractivity contribution < 1.29 is 13.9 Å². The van der Waals surface area contributed by atoms with Gasteiger partial charge in [-0.15, -0.1) is 0 Å². The van der Waals surface area contributed by atoms with Crippen LogP contribution >= 0.6 is 0 Å².